The molecule has 0 atom stereocenters. The molecule has 0 saturated carbocycles. The topological polar surface area (TPSA) is 55.1 Å². The van der Waals surface area contributed by atoms with Crippen LogP contribution in [-0.2, 0) is 11.2 Å². The van der Waals surface area contributed by atoms with Gasteiger partial charge in [-0.25, -0.2) is 0 Å². The van der Waals surface area contributed by atoms with Crippen molar-refractivity contribution >= 4 is 38.7 Å². The zero-order valence-corrected chi connectivity index (χ0v) is 12.3. The van der Waals surface area contributed by atoms with Crippen LogP contribution in [0.2, 0.25) is 0 Å². The van der Waals surface area contributed by atoms with Crippen LogP contribution in [0.1, 0.15) is 12.0 Å². The summed E-state index contributed by atoms with van der Waals surface area (Å²) in [6.45, 7) is 0. The van der Waals surface area contributed by atoms with E-state index in [9.17, 15) is 4.79 Å². The Labute approximate surface area is 127 Å². The first kappa shape index (κ1) is 13.6. The smallest absolute Gasteiger partial charge is 0.224 e. The zero-order valence-electron chi connectivity index (χ0n) is 11.5. The number of amides is 1. The number of anilines is 2. The average Bonchev–Trinajstić information content (AvgIpc) is 2.94. The van der Waals surface area contributed by atoms with E-state index >= 15 is 0 Å². The fourth-order valence-corrected chi connectivity index (χ4v) is 3.05. The molecule has 0 fully saturated rings. The van der Waals surface area contributed by atoms with E-state index in [0.29, 0.717) is 12.8 Å². The minimum atomic E-state index is 0.00725. The molecule has 0 spiro atoms. The number of hydrogen-bond donors (Lipinski definition) is 2. The number of nitrogen functional groups attached to an aromatic ring is 1. The predicted octanol–water partition coefficient (Wildman–Crippen LogP) is 4.05. The van der Waals surface area contributed by atoms with Crippen molar-refractivity contribution in [1.82, 2.24) is 0 Å². The third-order valence-electron chi connectivity index (χ3n) is 3.41. The van der Waals surface area contributed by atoms with E-state index in [1.165, 1.54) is 4.70 Å². The monoisotopic (exact) mass is 296 g/mol. The first-order valence-electron chi connectivity index (χ1n) is 6.83. The highest BCUT2D eigenvalue weighted by molar-refractivity contribution is 7.17. The Balaban J connectivity index is 1.62. The Morgan fingerprint density at radius 2 is 2.00 bits per heavy atom. The summed E-state index contributed by atoms with van der Waals surface area (Å²) in [5, 5.41) is 6.15. The van der Waals surface area contributed by atoms with Gasteiger partial charge in [0.2, 0.25) is 5.91 Å². The van der Waals surface area contributed by atoms with E-state index in [-0.39, 0.29) is 5.91 Å². The van der Waals surface area contributed by atoms with Crippen LogP contribution in [0.4, 0.5) is 11.4 Å². The minimum absolute atomic E-state index is 0.00725. The summed E-state index contributed by atoms with van der Waals surface area (Å²) < 4.78 is 1.23. The van der Waals surface area contributed by atoms with Crippen molar-refractivity contribution in [3.05, 3.63) is 59.5 Å². The molecular weight excluding hydrogens is 280 g/mol. The third kappa shape index (κ3) is 3.23. The van der Waals surface area contributed by atoms with Gasteiger partial charge in [0.1, 0.15) is 0 Å². The molecule has 1 heterocycles. The Morgan fingerprint density at radius 1 is 1.14 bits per heavy atom. The van der Waals surface area contributed by atoms with E-state index in [0.717, 1.165) is 22.3 Å². The van der Waals surface area contributed by atoms with Gasteiger partial charge in [0.15, 0.2) is 0 Å². The van der Waals surface area contributed by atoms with Crippen molar-refractivity contribution in [3.63, 3.8) is 0 Å². The van der Waals surface area contributed by atoms with Gasteiger partial charge in [-0.05, 0) is 53.1 Å². The predicted molar refractivity (Wildman–Crippen MR) is 89.6 cm³/mol. The van der Waals surface area contributed by atoms with E-state index < -0.39 is 0 Å². The highest BCUT2D eigenvalue weighted by atomic mass is 32.1. The number of carbonyl (C=O) groups is 1. The van der Waals surface area contributed by atoms with Crippen molar-refractivity contribution < 1.29 is 4.79 Å². The minimum Gasteiger partial charge on any atom is -0.399 e. The van der Waals surface area contributed by atoms with Crippen LogP contribution >= 0.6 is 11.3 Å². The molecule has 4 heteroatoms. The standard InChI is InChI=1S/C17H16N2OS/c18-15-4-2-1-3-12(15)5-8-17(20)19-14-6-7-16-13(11-14)9-10-21-16/h1-4,6-7,9-11H,5,8,18H2,(H,19,20). The van der Waals surface area contributed by atoms with E-state index in [4.69, 9.17) is 5.73 Å². The molecule has 0 saturated heterocycles. The molecule has 21 heavy (non-hydrogen) atoms. The highest BCUT2D eigenvalue weighted by Gasteiger charge is 2.06. The molecule has 1 amide bonds. The maximum absolute atomic E-state index is 12.0. The van der Waals surface area contributed by atoms with E-state index in [1.807, 2.05) is 42.5 Å². The molecule has 3 N–H and O–H groups in total. The fraction of sp³-hybridized carbons (Fsp3) is 0.118. The third-order valence-corrected chi connectivity index (χ3v) is 4.31. The molecule has 0 bridgehead atoms. The molecule has 3 aromatic rings. The molecule has 106 valence electrons. The number of hydrogen-bond acceptors (Lipinski definition) is 3. The van der Waals surface area contributed by atoms with E-state index in [2.05, 4.69) is 16.8 Å². The van der Waals surface area contributed by atoms with Crippen molar-refractivity contribution in [2.45, 2.75) is 12.8 Å². The molecule has 1 aromatic heterocycles. The summed E-state index contributed by atoms with van der Waals surface area (Å²) in [7, 11) is 0. The van der Waals surface area contributed by atoms with Gasteiger partial charge in [-0.15, -0.1) is 11.3 Å². The number of rotatable bonds is 4. The molecule has 0 aliphatic rings. The lowest BCUT2D eigenvalue weighted by Crippen LogP contribution is -2.12. The number of nitrogens with two attached hydrogens (primary N) is 1. The van der Waals surface area contributed by atoms with Crippen LogP contribution < -0.4 is 11.1 Å². The Kier molecular flexibility index (Phi) is 3.88. The van der Waals surface area contributed by atoms with Crippen LogP contribution in [-0.4, -0.2) is 5.91 Å². The molecule has 0 aliphatic heterocycles. The van der Waals surface area contributed by atoms with Crippen LogP contribution in [0.3, 0.4) is 0 Å². The number of fused-ring (bicyclic) bond motifs is 1. The number of aryl methyl sites for hydroxylation is 1. The second-order valence-electron chi connectivity index (χ2n) is 4.92. The highest BCUT2D eigenvalue weighted by Crippen LogP contribution is 2.24. The van der Waals surface area contributed by atoms with Crippen LogP contribution in [0.5, 0.6) is 0 Å². The van der Waals surface area contributed by atoms with Gasteiger partial charge in [-0.2, -0.15) is 0 Å². The second kappa shape index (κ2) is 5.97. The van der Waals surface area contributed by atoms with Gasteiger partial charge in [-0.3, -0.25) is 4.79 Å². The van der Waals surface area contributed by atoms with Gasteiger partial charge in [0, 0.05) is 22.5 Å². The average molecular weight is 296 g/mol. The Morgan fingerprint density at radius 3 is 2.86 bits per heavy atom. The quantitative estimate of drug-likeness (QED) is 0.713. The maximum Gasteiger partial charge on any atom is 0.224 e. The Hall–Kier alpha value is -2.33. The van der Waals surface area contributed by atoms with Gasteiger partial charge in [0.25, 0.3) is 0 Å². The van der Waals surface area contributed by atoms with Crippen LogP contribution in [0.15, 0.2) is 53.9 Å². The number of para-hydroxylation sites is 1. The summed E-state index contributed by atoms with van der Waals surface area (Å²) in [6, 6.07) is 15.7. The molecule has 0 aliphatic carbocycles. The van der Waals surface area contributed by atoms with E-state index in [1.54, 1.807) is 11.3 Å². The zero-order chi connectivity index (χ0) is 14.7. The molecule has 3 nitrogen and oxygen atoms in total. The molecule has 0 unspecified atom stereocenters. The van der Waals surface area contributed by atoms with Gasteiger partial charge < -0.3 is 11.1 Å². The normalized spacial score (nSPS) is 10.7. The maximum atomic E-state index is 12.0. The lowest BCUT2D eigenvalue weighted by Gasteiger charge is -2.07. The summed E-state index contributed by atoms with van der Waals surface area (Å²) in [5.41, 5.74) is 8.47. The second-order valence-corrected chi connectivity index (χ2v) is 5.87. The largest absolute Gasteiger partial charge is 0.399 e. The number of benzene rings is 2. The first-order valence-corrected chi connectivity index (χ1v) is 7.71. The number of nitrogens with one attached hydrogen (secondary N) is 1. The van der Waals surface area contributed by atoms with Gasteiger partial charge >= 0.3 is 0 Å². The van der Waals surface area contributed by atoms with Gasteiger partial charge in [-0.1, -0.05) is 18.2 Å². The number of carbonyl (C=O) groups excluding carboxylic acids is 1. The molecular formula is C17H16N2OS. The summed E-state index contributed by atoms with van der Waals surface area (Å²) in [6.07, 6.45) is 1.08. The van der Waals surface area contributed by atoms with Crippen molar-refractivity contribution in [1.29, 1.82) is 0 Å². The SMILES string of the molecule is Nc1ccccc1CCC(=O)Nc1ccc2sccc2c1. The molecule has 0 radical (unpaired) electrons. The van der Waals surface area contributed by atoms with Crippen molar-refractivity contribution in [2.24, 2.45) is 0 Å². The van der Waals surface area contributed by atoms with Crippen LogP contribution in [0, 0.1) is 0 Å². The summed E-state index contributed by atoms with van der Waals surface area (Å²) >= 11 is 1.70. The molecule has 3 rings (SSSR count). The number of thiophene rings is 1. The lowest BCUT2D eigenvalue weighted by atomic mass is 10.1. The van der Waals surface area contributed by atoms with Crippen LogP contribution in [0.25, 0.3) is 10.1 Å². The first-order chi connectivity index (χ1) is 10.2. The Bertz CT molecular complexity index is 779. The fourth-order valence-electron chi connectivity index (χ4n) is 2.28. The van der Waals surface area contributed by atoms with Crippen molar-refractivity contribution in [2.75, 3.05) is 11.1 Å². The summed E-state index contributed by atoms with van der Waals surface area (Å²) in [4.78, 5) is 12.0. The van der Waals surface area contributed by atoms with Crippen molar-refractivity contribution in [3.8, 4) is 0 Å². The van der Waals surface area contributed by atoms with Gasteiger partial charge in [0.05, 0.1) is 0 Å². The molecule has 2 aromatic carbocycles. The lowest BCUT2D eigenvalue weighted by molar-refractivity contribution is -0.116. The summed E-state index contributed by atoms with van der Waals surface area (Å²) in [5.74, 6) is 0.00725.